The van der Waals surface area contributed by atoms with Gasteiger partial charge in [-0.3, -0.25) is 10.1 Å². The van der Waals surface area contributed by atoms with E-state index in [0.29, 0.717) is 12.8 Å². The van der Waals surface area contributed by atoms with Crippen LogP contribution in [0.25, 0.3) is 0 Å². The predicted octanol–water partition coefficient (Wildman–Crippen LogP) is 2.88. The molecule has 1 aromatic heterocycles. The molecule has 6 nitrogen and oxygen atoms in total. The Bertz CT molecular complexity index is 548. The number of hydrogen-bond donors (Lipinski definition) is 0. The van der Waals surface area contributed by atoms with Gasteiger partial charge in [0, 0.05) is 6.04 Å². The molecule has 20 heavy (non-hydrogen) atoms. The van der Waals surface area contributed by atoms with E-state index >= 15 is 0 Å². The van der Waals surface area contributed by atoms with Crippen molar-refractivity contribution in [3.8, 4) is 0 Å². The number of nitrogens with zero attached hydrogens (tertiary/aromatic N) is 4. The molecular formula is C10H10ClF3N4O2. The van der Waals surface area contributed by atoms with Crippen LogP contribution in [0.3, 0.4) is 0 Å². The first-order valence-electron chi connectivity index (χ1n) is 5.71. The maximum Gasteiger partial charge on any atom is 0.405 e. The molecule has 1 heterocycles. The van der Waals surface area contributed by atoms with Crippen LogP contribution in [0.4, 0.5) is 24.7 Å². The summed E-state index contributed by atoms with van der Waals surface area (Å²) in [5.41, 5.74) is -0.594. The number of anilines is 1. The van der Waals surface area contributed by atoms with Gasteiger partial charge in [-0.2, -0.15) is 18.2 Å². The molecular weight excluding hydrogens is 301 g/mol. The van der Waals surface area contributed by atoms with Gasteiger partial charge in [-0.05, 0) is 31.4 Å². The summed E-state index contributed by atoms with van der Waals surface area (Å²) < 4.78 is 37.9. The van der Waals surface area contributed by atoms with E-state index in [-0.39, 0.29) is 16.8 Å². The van der Waals surface area contributed by atoms with Crippen LogP contribution in [0.15, 0.2) is 0 Å². The highest BCUT2D eigenvalue weighted by molar-refractivity contribution is 6.28. The number of alkyl halides is 3. The van der Waals surface area contributed by atoms with E-state index in [0.717, 1.165) is 4.90 Å². The van der Waals surface area contributed by atoms with Crippen LogP contribution in [-0.2, 0) is 0 Å². The molecule has 1 fully saturated rings. The smallest absolute Gasteiger partial charge is 0.339 e. The fourth-order valence-corrected chi connectivity index (χ4v) is 2.10. The van der Waals surface area contributed by atoms with E-state index in [1.165, 1.54) is 6.92 Å². The normalized spacial score (nSPS) is 15.2. The summed E-state index contributed by atoms with van der Waals surface area (Å²) in [7, 11) is 0. The molecule has 0 bridgehead atoms. The van der Waals surface area contributed by atoms with Crippen molar-refractivity contribution in [1.82, 2.24) is 9.97 Å². The lowest BCUT2D eigenvalue weighted by Gasteiger charge is -2.24. The Balaban J connectivity index is 2.49. The van der Waals surface area contributed by atoms with E-state index in [2.05, 4.69) is 9.97 Å². The summed E-state index contributed by atoms with van der Waals surface area (Å²) >= 11 is 5.61. The van der Waals surface area contributed by atoms with Crippen molar-refractivity contribution in [3.05, 3.63) is 21.1 Å². The van der Waals surface area contributed by atoms with E-state index in [1.807, 2.05) is 0 Å². The van der Waals surface area contributed by atoms with E-state index in [4.69, 9.17) is 11.6 Å². The number of aryl methyl sites for hydroxylation is 1. The molecule has 2 rings (SSSR count). The Morgan fingerprint density at radius 1 is 1.45 bits per heavy atom. The number of nitro groups is 1. The van der Waals surface area contributed by atoms with Gasteiger partial charge in [-0.1, -0.05) is 0 Å². The minimum Gasteiger partial charge on any atom is -0.339 e. The molecule has 110 valence electrons. The van der Waals surface area contributed by atoms with Gasteiger partial charge in [0.15, 0.2) is 0 Å². The van der Waals surface area contributed by atoms with Gasteiger partial charge in [0.2, 0.25) is 11.1 Å². The maximum atomic E-state index is 12.6. The molecule has 0 aromatic carbocycles. The van der Waals surface area contributed by atoms with Gasteiger partial charge in [0.25, 0.3) is 0 Å². The van der Waals surface area contributed by atoms with Gasteiger partial charge < -0.3 is 4.90 Å². The number of hydrogen-bond acceptors (Lipinski definition) is 5. The summed E-state index contributed by atoms with van der Waals surface area (Å²) in [6, 6.07) is -0.402. The molecule has 1 aromatic rings. The van der Waals surface area contributed by atoms with Gasteiger partial charge >= 0.3 is 11.9 Å². The lowest BCUT2D eigenvalue weighted by Crippen LogP contribution is -2.37. The minimum absolute atomic E-state index is 0.0576. The molecule has 0 amide bonds. The van der Waals surface area contributed by atoms with Crippen molar-refractivity contribution in [3.63, 3.8) is 0 Å². The summed E-state index contributed by atoms with van der Waals surface area (Å²) in [6.45, 7) is 0.0130. The zero-order valence-electron chi connectivity index (χ0n) is 10.3. The fourth-order valence-electron chi connectivity index (χ4n) is 1.89. The highest BCUT2D eigenvalue weighted by Crippen LogP contribution is 2.39. The monoisotopic (exact) mass is 310 g/mol. The van der Waals surface area contributed by atoms with Crippen molar-refractivity contribution in [1.29, 1.82) is 0 Å². The molecule has 1 aliphatic rings. The van der Waals surface area contributed by atoms with Gasteiger partial charge in [-0.15, -0.1) is 0 Å². The largest absolute Gasteiger partial charge is 0.405 e. The zero-order chi connectivity index (χ0) is 15.1. The molecule has 10 heteroatoms. The van der Waals surface area contributed by atoms with Crippen molar-refractivity contribution < 1.29 is 18.1 Å². The standard InChI is InChI=1S/C10H10ClF3N4O2/c1-5-7(18(19)20)8(16-9(11)15-5)17(6-2-3-6)4-10(12,13)14/h6H,2-4H2,1H3. The second-order valence-corrected chi connectivity index (χ2v) is 4.82. The van der Waals surface area contributed by atoms with Crippen molar-refractivity contribution >= 4 is 23.1 Å². The molecule has 0 saturated heterocycles. The van der Waals surface area contributed by atoms with Crippen molar-refractivity contribution in [2.24, 2.45) is 0 Å². The second-order valence-electron chi connectivity index (χ2n) is 4.48. The first-order valence-corrected chi connectivity index (χ1v) is 6.09. The van der Waals surface area contributed by atoms with E-state index in [9.17, 15) is 23.3 Å². The third-order valence-corrected chi connectivity index (χ3v) is 2.97. The van der Waals surface area contributed by atoms with E-state index < -0.39 is 29.4 Å². The fraction of sp³-hybridized carbons (Fsp3) is 0.600. The molecule has 1 aliphatic carbocycles. The second kappa shape index (κ2) is 5.04. The highest BCUT2D eigenvalue weighted by atomic mass is 35.5. The summed E-state index contributed by atoms with van der Waals surface area (Å²) in [4.78, 5) is 18.4. The van der Waals surface area contributed by atoms with Crippen LogP contribution in [0.2, 0.25) is 5.28 Å². The first kappa shape index (κ1) is 14.8. The average molecular weight is 311 g/mol. The number of aromatic nitrogens is 2. The first-order chi connectivity index (χ1) is 9.19. The van der Waals surface area contributed by atoms with Crippen molar-refractivity contribution in [2.75, 3.05) is 11.4 Å². The van der Waals surface area contributed by atoms with Crippen LogP contribution in [0.5, 0.6) is 0 Å². The SMILES string of the molecule is Cc1nc(Cl)nc(N(CC(F)(F)F)C2CC2)c1[N+](=O)[O-]. The highest BCUT2D eigenvalue weighted by Gasteiger charge is 2.42. The van der Waals surface area contributed by atoms with Crippen LogP contribution < -0.4 is 4.90 Å². The van der Waals surface area contributed by atoms with E-state index in [1.54, 1.807) is 0 Å². The lowest BCUT2D eigenvalue weighted by molar-refractivity contribution is -0.385. The maximum absolute atomic E-state index is 12.6. The Kier molecular flexibility index (Phi) is 3.72. The zero-order valence-corrected chi connectivity index (χ0v) is 11.1. The Hall–Kier alpha value is -1.64. The lowest BCUT2D eigenvalue weighted by atomic mass is 10.3. The van der Waals surface area contributed by atoms with Crippen LogP contribution in [-0.4, -0.2) is 33.7 Å². The molecule has 1 saturated carbocycles. The van der Waals surface area contributed by atoms with Crippen LogP contribution in [0.1, 0.15) is 18.5 Å². The molecule has 0 aliphatic heterocycles. The van der Waals surface area contributed by atoms with Crippen LogP contribution >= 0.6 is 11.6 Å². The number of halogens is 4. The van der Waals surface area contributed by atoms with Gasteiger partial charge in [0.05, 0.1) is 4.92 Å². The molecule has 0 unspecified atom stereocenters. The molecule has 0 radical (unpaired) electrons. The quantitative estimate of drug-likeness (QED) is 0.486. The number of rotatable bonds is 4. The molecule has 0 spiro atoms. The summed E-state index contributed by atoms with van der Waals surface area (Å²) in [5, 5.41) is 10.7. The van der Waals surface area contributed by atoms with Gasteiger partial charge in [-0.25, -0.2) is 4.98 Å². The van der Waals surface area contributed by atoms with Crippen molar-refractivity contribution in [2.45, 2.75) is 32.0 Å². The Morgan fingerprint density at radius 3 is 2.50 bits per heavy atom. The Morgan fingerprint density at radius 2 is 2.05 bits per heavy atom. The molecule has 0 N–H and O–H groups in total. The molecule has 0 atom stereocenters. The third kappa shape index (κ3) is 3.27. The summed E-state index contributed by atoms with van der Waals surface area (Å²) in [5.74, 6) is -0.368. The predicted molar refractivity (Wildman–Crippen MR) is 64.9 cm³/mol. The van der Waals surface area contributed by atoms with Gasteiger partial charge in [0.1, 0.15) is 12.2 Å². The third-order valence-electron chi connectivity index (χ3n) is 2.80. The minimum atomic E-state index is -4.48. The Labute approximate surface area is 116 Å². The summed E-state index contributed by atoms with van der Waals surface area (Å²) in [6.07, 6.45) is -3.41. The van der Waals surface area contributed by atoms with Crippen LogP contribution in [0, 0.1) is 17.0 Å². The topological polar surface area (TPSA) is 72.2 Å². The average Bonchev–Trinajstić information content (AvgIpc) is 3.06.